The molecule has 1 aliphatic rings. The number of benzene rings is 1. The monoisotopic (exact) mass is 208 g/mol. The van der Waals surface area contributed by atoms with E-state index in [1.54, 1.807) is 6.92 Å². The van der Waals surface area contributed by atoms with Crippen molar-refractivity contribution in [3.8, 4) is 0 Å². The van der Waals surface area contributed by atoms with Gasteiger partial charge in [0.05, 0.1) is 0 Å². The third kappa shape index (κ3) is 2.55. The van der Waals surface area contributed by atoms with E-state index in [4.69, 9.17) is 5.84 Å². The van der Waals surface area contributed by atoms with Crippen LogP contribution in [0, 0.1) is 18.7 Å². The number of aryl methyl sites for hydroxylation is 1. The molecule has 82 valence electrons. The largest absolute Gasteiger partial charge is 0.271 e. The Morgan fingerprint density at radius 1 is 1.53 bits per heavy atom. The summed E-state index contributed by atoms with van der Waals surface area (Å²) in [6.07, 6.45) is 3.66. The maximum Gasteiger partial charge on any atom is 0.126 e. The van der Waals surface area contributed by atoms with Gasteiger partial charge in [-0.3, -0.25) is 11.3 Å². The van der Waals surface area contributed by atoms with Crippen LogP contribution in [0.15, 0.2) is 18.2 Å². The van der Waals surface area contributed by atoms with Crippen LogP contribution in [0.4, 0.5) is 4.39 Å². The average Bonchev–Trinajstić information content (AvgIpc) is 3.02. The number of nitrogens with one attached hydrogen (secondary N) is 1. The van der Waals surface area contributed by atoms with Gasteiger partial charge < -0.3 is 0 Å². The van der Waals surface area contributed by atoms with Crippen molar-refractivity contribution in [2.24, 2.45) is 11.8 Å². The second-order valence-electron chi connectivity index (χ2n) is 4.41. The lowest BCUT2D eigenvalue weighted by atomic mass is 10.00. The highest BCUT2D eigenvalue weighted by molar-refractivity contribution is 5.26. The first-order chi connectivity index (χ1) is 7.20. The molecule has 3 heteroatoms. The fourth-order valence-corrected chi connectivity index (χ4v) is 1.87. The second-order valence-corrected chi connectivity index (χ2v) is 4.41. The zero-order chi connectivity index (χ0) is 10.8. The summed E-state index contributed by atoms with van der Waals surface area (Å²) in [5, 5.41) is 0. The highest BCUT2D eigenvalue weighted by Crippen LogP contribution is 2.37. The Kier molecular flexibility index (Phi) is 3.03. The van der Waals surface area contributed by atoms with Gasteiger partial charge in [-0.15, -0.1) is 0 Å². The SMILES string of the molecule is Cc1cc(C(CC2CC2)NN)ccc1F. The number of halogens is 1. The summed E-state index contributed by atoms with van der Waals surface area (Å²) in [5.74, 6) is 6.18. The van der Waals surface area contributed by atoms with E-state index >= 15 is 0 Å². The number of hydrogen-bond donors (Lipinski definition) is 2. The van der Waals surface area contributed by atoms with E-state index in [1.807, 2.05) is 12.1 Å². The van der Waals surface area contributed by atoms with E-state index < -0.39 is 0 Å². The Morgan fingerprint density at radius 3 is 2.80 bits per heavy atom. The molecular weight excluding hydrogens is 191 g/mol. The molecule has 1 aromatic carbocycles. The van der Waals surface area contributed by atoms with E-state index in [0.29, 0.717) is 5.56 Å². The van der Waals surface area contributed by atoms with Crippen LogP contribution in [0.2, 0.25) is 0 Å². The lowest BCUT2D eigenvalue weighted by Crippen LogP contribution is -2.28. The minimum absolute atomic E-state index is 0.152. The Balaban J connectivity index is 2.13. The standard InChI is InChI=1S/C12H17FN2/c1-8-6-10(4-5-11(8)13)12(15-14)7-9-2-3-9/h4-6,9,12,15H,2-3,7,14H2,1H3. The molecule has 1 fully saturated rings. The van der Waals surface area contributed by atoms with Gasteiger partial charge in [0.2, 0.25) is 0 Å². The predicted octanol–water partition coefficient (Wildman–Crippen LogP) is 2.44. The van der Waals surface area contributed by atoms with Gasteiger partial charge in [-0.2, -0.15) is 0 Å². The zero-order valence-electron chi connectivity index (χ0n) is 8.96. The van der Waals surface area contributed by atoms with Crippen LogP contribution in [0.1, 0.15) is 36.4 Å². The topological polar surface area (TPSA) is 38.0 Å². The maximum atomic E-state index is 13.1. The average molecular weight is 208 g/mol. The fourth-order valence-electron chi connectivity index (χ4n) is 1.87. The molecule has 2 nitrogen and oxygen atoms in total. The second kappa shape index (κ2) is 4.29. The molecule has 0 radical (unpaired) electrons. The van der Waals surface area contributed by atoms with Crippen LogP contribution >= 0.6 is 0 Å². The fraction of sp³-hybridized carbons (Fsp3) is 0.500. The first kappa shape index (κ1) is 10.6. The molecule has 0 amide bonds. The number of hydrogen-bond acceptors (Lipinski definition) is 2. The quantitative estimate of drug-likeness (QED) is 0.589. The molecular formula is C12H17FN2. The maximum absolute atomic E-state index is 13.1. The van der Waals surface area contributed by atoms with E-state index in [0.717, 1.165) is 17.9 Å². The van der Waals surface area contributed by atoms with Crippen molar-refractivity contribution in [3.05, 3.63) is 35.1 Å². The van der Waals surface area contributed by atoms with E-state index in [1.165, 1.54) is 18.9 Å². The molecule has 2 rings (SSSR count). The van der Waals surface area contributed by atoms with Crippen LogP contribution < -0.4 is 11.3 Å². The predicted molar refractivity (Wildman–Crippen MR) is 58.5 cm³/mol. The summed E-state index contributed by atoms with van der Waals surface area (Å²) in [6.45, 7) is 1.78. The van der Waals surface area contributed by atoms with Gasteiger partial charge in [0.25, 0.3) is 0 Å². The minimum Gasteiger partial charge on any atom is -0.271 e. The molecule has 0 bridgehead atoms. The molecule has 3 N–H and O–H groups in total. The highest BCUT2D eigenvalue weighted by Gasteiger charge is 2.25. The van der Waals surface area contributed by atoms with Crippen LogP contribution in [-0.2, 0) is 0 Å². The van der Waals surface area contributed by atoms with Crippen molar-refractivity contribution < 1.29 is 4.39 Å². The van der Waals surface area contributed by atoms with E-state index in [-0.39, 0.29) is 11.9 Å². The molecule has 0 aromatic heterocycles. The van der Waals surface area contributed by atoms with Crippen LogP contribution in [0.25, 0.3) is 0 Å². The summed E-state index contributed by atoms with van der Waals surface area (Å²) in [4.78, 5) is 0. The molecule has 0 spiro atoms. The Labute approximate surface area is 89.6 Å². The molecule has 1 aliphatic carbocycles. The molecule has 1 atom stereocenters. The third-order valence-corrected chi connectivity index (χ3v) is 3.05. The molecule has 0 heterocycles. The lowest BCUT2D eigenvalue weighted by Gasteiger charge is -2.16. The van der Waals surface area contributed by atoms with Crippen LogP contribution in [0.3, 0.4) is 0 Å². The lowest BCUT2D eigenvalue weighted by molar-refractivity contribution is 0.485. The van der Waals surface area contributed by atoms with Gasteiger partial charge in [0.15, 0.2) is 0 Å². The van der Waals surface area contributed by atoms with Gasteiger partial charge in [0, 0.05) is 6.04 Å². The summed E-state index contributed by atoms with van der Waals surface area (Å²) >= 11 is 0. The molecule has 0 aliphatic heterocycles. The molecule has 0 saturated heterocycles. The zero-order valence-corrected chi connectivity index (χ0v) is 8.96. The van der Waals surface area contributed by atoms with Crippen molar-refractivity contribution in [2.75, 3.05) is 0 Å². The number of nitrogens with two attached hydrogens (primary N) is 1. The molecule has 1 aromatic rings. The number of rotatable bonds is 4. The van der Waals surface area contributed by atoms with E-state index in [9.17, 15) is 4.39 Å². The van der Waals surface area contributed by atoms with Crippen LogP contribution in [0.5, 0.6) is 0 Å². The van der Waals surface area contributed by atoms with Gasteiger partial charge in [0.1, 0.15) is 5.82 Å². The molecule has 15 heavy (non-hydrogen) atoms. The molecule has 1 saturated carbocycles. The number of hydrazine groups is 1. The third-order valence-electron chi connectivity index (χ3n) is 3.05. The Hall–Kier alpha value is -0.930. The van der Waals surface area contributed by atoms with Crippen molar-refractivity contribution in [2.45, 2.75) is 32.2 Å². The summed E-state index contributed by atoms with van der Waals surface area (Å²) < 4.78 is 13.1. The van der Waals surface area contributed by atoms with Gasteiger partial charge in [-0.25, -0.2) is 4.39 Å². The Morgan fingerprint density at radius 2 is 2.27 bits per heavy atom. The summed E-state index contributed by atoms with van der Waals surface area (Å²) in [7, 11) is 0. The first-order valence-corrected chi connectivity index (χ1v) is 5.43. The first-order valence-electron chi connectivity index (χ1n) is 5.43. The van der Waals surface area contributed by atoms with Crippen LogP contribution in [-0.4, -0.2) is 0 Å². The highest BCUT2D eigenvalue weighted by atomic mass is 19.1. The van der Waals surface area contributed by atoms with Crippen molar-refractivity contribution in [1.29, 1.82) is 0 Å². The normalized spacial score (nSPS) is 17.8. The van der Waals surface area contributed by atoms with Crippen molar-refractivity contribution in [1.82, 2.24) is 5.43 Å². The van der Waals surface area contributed by atoms with Gasteiger partial charge >= 0.3 is 0 Å². The van der Waals surface area contributed by atoms with Crippen molar-refractivity contribution in [3.63, 3.8) is 0 Å². The molecule has 1 unspecified atom stereocenters. The van der Waals surface area contributed by atoms with E-state index in [2.05, 4.69) is 5.43 Å². The van der Waals surface area contributed by atoms with Gasteiger partial charge in [-0.1, -0.05) is 25.0 Å². The summed E-state index contributed by atoms with van der Waals surface area (Å²) in [5.41, 5.74) is 4.58. The smallest absolute Gasteiger partial charge is 0.126 e. The minimum atomic E-state index is -0.152. The Bertz CT molecular complexity index is 347. The summed E-state index contributed by atoms with van der Waals surface area (Å²) in [6, 6.07) is 5.37. The van der Waals surface area contributed by atoms with Gasteiger partial charge in [-0.05, 0) is 36.5 Å². The van der Waals surface area contributed by atoms with Crippen molar-refractivity contribution >= 4 is 0 Å².